The molecule has 0 spiro atoms. The van der Waals surface area contributed by atoms with Crippen molar-refractivity contribution in [2.75, 3.05) is 28.7 Å². The van der Waals surface area contributed by atoms with Gasteiger partial charge in [0.05, 0.1) is 26.6 Å². The molecule has 0 saturated carbocycles. The normalized spacial score (nSPS) is 13.2. The van der Waals surface area contributed by atoms with Gasteiger partial charge in [-0.3, -0.25) is 9.11 Å². The van der Waals surface area contributed by atoms with E-state index in [0.29, 0.717) is 17.8 Å². The molecule has 6 rings (SSSR count). The highest BCUT2D eigenvalue weighted by atomic mass is 35.5. The lowest BCUT2D eigenvalue weighted by atomic mass is 10.1. The maximum atomic E-state index is 12.6. The largest absolute Gasteiger partial charge is 0.505 e. The van der Waals surface area contributed by atoms with Crippen molar-refractivity contribution in [3.8, 4) is 5.75 Å². The van der Waals surface area contributed by atoms with Crippen LogP contribution in [0.3, 0.4) is 0 Å². The number of phenolic OH excluding ortho intramolecular Hbond substituents is 1. The average Bonchev–Trinajstić information content (AvgIpc) is 3.15. The van der Waals surface area contributed by atoms with E-state index in [1.807, 2.05) is 6.07 Å². The molecule has 0 atom stereocenters. The van der Waals surface area contributed by atoms with E-state index in [-0.39, 0.29) is 33.5 Å². The molecule has 24 nitrogen and oxygen atoms in total. The molecule has 0 aliphatic carbocycles. The van der Waals surface area contributed by atoms with Gasteiger partial charge in [0, 0.05) is 24.1 Å². The van der Waals surface area contributed by atoms with Gasteiger partial charge < -0.3 is 54.1 Å². The number of anilines is 6. The van der Waals surface area contributed by atoms with Crippen molar-refractivity contribution in [2.24, 2.45) is 20.5 Å². The van der Waals surface area contributed by atoms with Crippen LogP contribution < -0.4 is 21.7 Å². The molecule has 0 aliphatic heterocycles. The monoisotopic (exact) mass is 939 g/mol. The Labute approximate surface area is 352 Å². The summed E-state index contributed by atoms with van der Waals surface area (Å²) in [4.78, 5) is 9.12. The fraction of sp³-hybridized carbons (Fsp3) is 0.0312. The van der Waals surface area contributed by atoms with E-state index in [4.69, 9.17) is 17.3 Å². The lowest BCUT2D eigenvalue weighted by molar-refractivity contribution is 0.374. The summed E-state index contributed by atoms with van der Waals surface area (Å²) < 4.78 is 129. The zero-order chi connectivity index (χ0) is 44.7. The number of aromatic hydroxyl groups is 1. The molecule has 0 fully saturated rings. The molecule has 0 unspecified atom stereocenters. The first-order valence-electron chi connectivity index (χ1n) is 16.3. The van der Waals surface area contributed by atoms with Crippen LogP contribution in [-0.4, -0.2) is 80.4 Å². The number of nitrogens with one attached hydrogen (secondary N) is 3. The molecule has 1 aromatic heterocycles. The van der Waals surface area contributed by atoms with Gasteiger partial charge in [0.15, 0.2) is 5.75 Å². The van der Waals surface area contributed by atoms with E-state index in [2.05, 4.69) is 51.4 Å². The van der Waals surface area contributed by atoms with Crippen LogP contribution in [-0.2, 0) is 20.2 Å². The number of hydrogen-bond acceptors (Lipinski definition) is 22. The second-order valence-electron chi connectivity index (χ2n) is 12.2. The van der Waals surface area contributed by atoms with Crippen LogP contribution in [0.5, 0.6) is 5.75 Å². The minimum atomic E-state index is -5.37. The van der Waals surface area contributed by atoms with Crippen LogP contribution in [0.15, 0.2) is 119 Å². The number of phenols is 1. The van der Waals surface area contributed by atoms with Gasteiger partial charge in [-0.1, -0.05) is 6.07 Å². The first-order valence-corrected chi connectivity index (χ1v) is 22.6. The summed E-state index contributed by atoms with van der Waals surface area (Å²) in [5, 5.41) is 34.0. The highest BCUT2D eigenvalue weighted by Gasteiger charge is 2.29. The van der Waals surface area contributed by atoms with Crippen molar-refractivity contribution in [3.05, 3.63) is 84.1 Å². The third-order valence-electron chi connectivity index (χ3n) is 8.07. The molecule has 0 aliphatic rings. The average molecular weight is 940 g/mol. The van der Waals surface area contributed by atoms with Crippen LogP contribution in [0.25, 0.3) is 10.8 Å². The lowest BCUT2D eigenvalue weighted by Gasteiger charge is -2.21. The quantitative estimate of drug-likeness (QED) is 0.0291. The van der Waals surface area contributed by atoms with Crippen LogP contribution in [0.1, 0.15) is 0 Å². The van der Waals surface area contributed by atoms with Crippen molar-refractivity contribution < 1.29 is 58.4 Å². The van der Waals surface area contributed by atoms with Gasteiger partial charge in [-0.15, -0.1) is 15.3 Å². The molecule has 6 aromatic rings. The standard InChI is InChI=1S/C32H30ClN11O13S4/c1-35-17-3-2-4-18(13-17)36-31-38-30(33)39-32(40-31)37-19-7-10-22(59(49,50)51)21(14-19)42-44-28-24(61(55,56)57)12-15-11-23(60(52,53)54)27(26(34)25(15)29(28)45)43-41-16-5-8-20(9-6-16)58(46,47)48/h2-14,35,45-51H,34H2,1H3,(H,52,53,54)(H,55,56,57)(H2,36,37,38,39,40). The van der Waals surface area contributed by atoms with Crippen LogP contribution in [0.4, 0.5) is 57.4 Å². The summed E-state index contributed by atoms with van der Waals surface area (Å²) in [6.45, 7) is 0. The molecule has 0 amide bonds. The van der Waals surface area contributed by atoms with Gasteiger partial charge in [0.25, 0.3) is 20.2 Å². The molecule has 5 aromatic carbocycles. The molecule has 14 N–H and O–H groups in total. The SMILES string of the molecule is CNc1cccc(Nc2nc(Cl)nc(Nc3ccc(S(O)(O)O)c(N=Nc4c(S(=O)(=O)O)cc5cc(S(=O)(=O)O)c(N=Nc6ccc(S(O)(O)O)cc6)c(N)c5c4O)c3)n2)c1. The van der Waals surface area contributed by atoms with Gasteiger partial charge in [0.1, 0.15) is 48.6 Å². The summed E-state index contributed by atoms with van der Waals surface area (Å²) in [5.41, 5.74) is 4.45. The summed E-state index contributed by atoms with van der Waals surface area (Å²) in [6, 6.07) is 16.0. The summed E-state index contributed by atoms with van der Waals surface area (Å²) in [6.07, 6.45) is 0. The van der Waals surface area contributed by atoms with Crippen molar-refractivity contribution in [1.29, 1.82) is 0 Å². The van der Waals surface area contributed by atoms with E-state index in [0.717, 1.165) is 42.1 Å². The van der Waals surface area contributed by atoms with E-state index in [1.165, 1.54) is 6.07 Å². The number of azo groups is 2. The number of benzene rings is 5. The molecule has 61 heavy (non-hydrogen) atoms. The molecule has 0 saturated heterocycles. The Morgan fingerprint density at radius 3 is 1.74 bits per heavy atom. The summed E-state index contributed by atoms with van der Waals surface area (Å²) in [5.74, 6) is -1.30. The first kappa shape index (κ1) is 44.7. The van der Waals surface area contributed by atoms with Gasteiger partial charge in [-0.25, -0.2) is 0 Å². The smallest absolute Gasteiger partial charge is 0.296 e. The fourth-order valence-corrected chi connectivity index (χ4v) is 8.01. The minimum absolute atomic E-state index is 0.00717. The van der Waals surface area contributed by atoms with Crippen molar-refractivity contribution in [2.45, 2.75) is 19.6 Å². The second kappa shape index (κ2) is 16.9. The predicted molar refractivity (Wildman–Crippen MR) is 226 cm³/mol. The van der Waals surface area contributed by atoms with E-state index >= 15 is 0 Å². The number of nitrogen functional groups attached to an aromatic ring is 1. The van der Waals surface area contributed by atoms with Gasteiger partial charge in [-0.05, 0) is 89.8 Å². The van der Waals surface area contributed by atoms with E-state index < -0.39 is 95.9 Å². The molecule has 0 radical (unpaired) electrons. The number of fused-ring (bicyclic) bond motifs is 1. The maximum Gasteiger partial charge on any atom is 0.296 e. The van der Waals surface area contributed by atoms with Gasteiger partial charge in [-0.2, -0.15) is 36.9 Å². The number of nitrogens with zero attached hydrogens (tertiary/aromatic N) is 7. The number of rotatable bonds is 13. The zero-order valence-corrected chi connectivity index (χ0v) is 34.4. The highest BCUT2D eigenvalue weighted by molar-refractivity contribution is 8.19. The zero-order valence-electron chi connectivity index (χ0n) is 30.4. The van der Waals surface area contributed by atoms with Crippen molar-refractivity contribution in [1.82, 2.24) is 15.0 Å². The summed E-state index contributed by atoms with van der Waals surface area (Å²) in [7, 11) is -17.5. The van der Waals surface area contributed by atoms with E-state index in [1.54, 1.807) is 25.2 Å². The van der Waals surface area contributed by atoms with Crippen molar-refractivity contribution in [3.63, 3.8) is 0 Å². The molecule has 1 heterocycles. The number of nitrogens with two attached hydrogens (primary N) is 1. The highest BCUT2D eigenvalue weighted by Crippen LogP contribution is 2.52. The number of halogens is 1. The topological polar surface area (TPSA) is 401 Å². The Bertz CT molecular complexity index is 2990. The number of aromatic nitrogens is 3. The number of hydrogen-bond donors (Lipinski definition) is 13. The fourth-order valence-electron chi connectivity index (χ4n) is 5.39. The molecular formula is C32H30ClN11O13S4. The predicted octanol–water partition coefficient (Wildman–Crippen LogP) is 8.98. The molecule has 0 bridgehead atoms. The Hall–Kier alpha value is -5.86. The third kappa shape index (κ3) is 10.4. The Morgan fingerprint density at radius 1 is 0.623 bits per heavy atom. The third-order valence-corrected chi connectivity index (χ3v) is 11.8. The van der Waals surface area contributed by atoms with Gasteiger partial charge in [0.2, 0.25) is 17.2 Å². The Kier molecular flexibility index (Phi) is 12.4. The molecule has 29 heteroatoms. The Balaban J connectivity index is 1.45. The summed E-state index contributed by atoms with van der Waals surface area (Å²) >= 11 is 6.14. The minimum Gasteiger partial charge on any atom is -0.505 e. The first-order chi connectivity index (χ1) is 28.4. The van der Waals surface area contributed by atoms with Gasteiger partial charge >= 0.3 is 0 Å². The second-order valence-corrected chi connectivity index (χ2v) is 18.3. The van der Waals surface area contributed by atoms with Crippen molar-refractivity contribution >= 4 is 122 Å². The van der Waals surface area contributed by atoms with Crippen LogP contribution in [0.2, 0.25) is 5.28 Å². The molecular weight excluding hydrogens is 910 g/mol. The Morgan fingerprint density at radius 2 is 1.18 bits per heavy atom. The molecule has 322 valence electrons. The van der Waals surface area contributed by atoms with E-state index in [9.17, 15) is 58.4 Å². The van der Waals surface area contributed by atoms with Crippen LogP contribution in [0, 0.1) is 0 Å². The van der Waals surface area contributed by atoms with Crippen LogP contribution >= 0.6 is 33.3 Å². The maximum absolute atomic E-state index is 12.6. The lowest BCUT2D eigenvalue weighted by Crippen LogP contribution is -2.04.